The summed E-state index contributed by atoms with van der Waals surface area (Å²) < 4.78 is 5.98. The molecule has 2 amide bonds. The first kappa shape index (κ1) is 26.4. The smallest absolute Gasteiger partial charge is 0.268 e. The van der Waals surface area contributed by atoms with Gasteiger partial charge in [0.2, 0.25) is 5.91 Å². The Labute approximate surface area is 215 Å². The van der Waals surface area contributed by atoms with E-state index in [1.165, 1.54) is 16.8 Å². The van der Waals surface area contributed by atoms with E-state index in [9.17, 15) is 9.59 Å². The Balaban J connectivity index is 1.98. The summed E-state index contributed by atoms with van der Waals surface area (Å²) in [6, 6.07) is 10.7. The number of hydrogen-bond donors (Lipinski definition) is 1. The van der Waals surface area contributed by atoms with Crippen molar-refractivity contribution in [2.45, 2.75) is 57.6 Å². The molecule has 0 aromatic heterocycles. The highest BCUT2D eigenvalue weighted by atomic mass is 35.5. The molecule has 0 saturated heterocycles. The summed E-state index contributed by atoms with van der Waals surface area (Å²) in [5.74, 6) is 0.358. The Hall–Kier alpha value is -2.22. The molecule has 0 spiro atoms. The van der Waals surface area contributed by atoms with Crippen molar-refractivity contribution in [3.63, 3.8) is 0 Å². The lowest BCUT2D eigenvalue weighted by Crippen LogP contribution is -2.43. The molecule has 1 aliphatic rings. The normalized spacial score (nSPS) is 16.0. The Kier molecular flexibility index (Phi) is 8.55. The lowest BCUT2D eigenvalue weighted by Gasteiger charge is -2.20. The number of carbonyl (C=O) groups excluding carboxylic acids is 2. The Morgan fingerprint density at radius 2 is 1.94 bits per heavy atom. The number of thioether (sulfide) groups is 1. The van der Waals surface area contributed by atoms with Gasteiger partial charge in [0.25, 0.3) is 5.91 Å². The second kappa shape index (κ2) is 11.0. The zero-order valence-corrected chi connectivity index (χ0v) is 22.3. The van der Waals surface area contributed by atoms with Crippen molar-refractivity contribution in [1.29, 1.82) is 0 Å². The van der Waals surface area contributed by atoms with E-state index < -0.39 is 10.7 Å². The van der Waals surface area contributed by atoms with Crippen molar-refractivity contribution in [1.82, 2.24) is 5.32 Å². The van der Waals surface area contributed by atoms with Gasteiger partial charge in [0.05, 0.1) is 22.2 Å². The van der Waals surface area contributed by atoms with E-state index in [0.717, 1.165) is 23.3 Å². The van der Waals surface area contributed by atoms with Gasteiger partial charge in [-0.05, 0) is 49.2 Å². The first-order valence-electron chi connectivity index (χ1n) is 11.1. The Morgan fingerprint density at radius 3 is 2.62 bits per heavy atom. The zero-order valence-electron chi connectivity index (χ0n) is 19.9. The summed E-state index contributed by atoms with van der Waals surface area (Å²) >= 11 is 13.8. The average Bonchev–Trinajstić information content (AvgIpc) is 3.06. The van der Waals surface area contributed by atoms with Crippen molar-refractivity contribution in [3.05, 3.63) is 52.0 Å². The summed E-state index contributed by atoms with van der Waals surface area (Å²) in [5, 5.41) is 8.47. The summed E-state index contributed by atoms with van der Waals surface area (Å²) in [5.41, 5.74) is 0.718. The number of aryl methyl sites for hydroxylation is 1. The van der Waals surface area contributed by atoms with E-state index in [2.05, 4.69) is 17.3 Å². The molecule has 6 nitrogen and oxygen atoms in total. The van der Waals surface area contributed by atoms with Crippen LogP contribution in [0.3, 0.4) is 0 Å². The molecule has 0 aliphatic carbocycles. The molecule has 1 atom stereocenters. The van der Waals surface area contributed by atoms with Gasteiger partial charge in [0.15, 0.2) is 11.1 Å². The van der Waals surface area contributed by atoms with Gasteiger partial charge in [0, 0.05) is 10.4 Å². The lowest BCUT2D eigenvalue weighted by atomic mass is 9.95. The van der Waals surface area contributed by atoms with Gasteiger partial charge in [0.1, 0.15) is 5.75 Å². The highest BCUT2D eigenvalue weighted by Crippen LogP contribution is 2.39. The van der Waals surface area contributed by atoms with Gasteiger partial charge >= 0.3 is 0 Å². The number of nitrogens with one attached hydrogen (secondary N) is 1. The van der Waals surface area contributed by atoms with Crippen LogP contribution >= 0.6 is 35.0 Å². The van der Waals surface area contributed by atoms with Gasteiger partial charge in [-0.25, -0.2) is 0 Å². The number of ether oxygens (including phenoxy) is 1. The molecule has 2 aromatic rings. The number of hydrazone groups is 1. The predicted octanol–water partition coefficient (Wildman–Crippen LogP) is 6.46. The van der Waals surface area contributed by atoms with Crippen LogP contribution in [-0.4, -0.2) is 29.5 Å². The Morgan fingerprint density at radius 1 is 1.21 bits per heavy atom. The SMILES string of the molecule is CCCCOc1ccc(C)cc1SC1C(=O)N(c2cc(Cl)ccc2Cl)N=C1NC(=O)C(C)(C)C. The van der Waals surface area contributed by atoms with Crippen LogP contribution in [-0.2, 0) is 9.59 Å². The molecule has 1 heterocycles. The van der Waals surface area contributed by atoms with E-state index in [-0.39, 0.29) is 17.6 Å². The zero-order chi connectivity index (χ0) is 25.0. The third kappa shape index (κ3) is 6.26. The number of rotatable bonds is 7. The molecule has 1 aliphatic heterocycles. The second-order valence-corrected chi connectivity index (χ2v) is 11.1. The maximum Gasteiger partial charge on any atom is 0.268 e. The first-order valence-corrected chi connectivity index (χ1v) is 12.7. The van der Waals surface area contributed by atoms with Crippen LogP contribution in [0, 0.1) is 12.3 Å². The molecule has 0 saturated carbocycles. The largest absolute Gasteiger partial charge is 0.492 e. The maximum atomic E-state index is 13.6. The van der Waals surface area contributed by atoms with E-state index in [0.29, 0.717) is 28.1 Å². The number of amidine groups is 1. The number of nitrogens with zero attached hydrogens (tertiary/aromatic N) is 2. The minimum absolute atomic E-state index is 0.243. The van der Waals surface area contributed by atoms with Crippen LogP contribution < -0.4 is 15.1 Å². The molecule has 1 unspecified atom stereocenters. The summed E-state index contributed by atoms with van der Waals surface area (Å²) in [7, 11) is 0. The molecule has 2 aromatic carbocycles. The molecule has 0 bridgehead atoms. The van der Waals surface area contributed by atoms with Gasteiger partial charge in [-0.15, -0.1) is 16.9 Å². The van der Waals surface area contributed by atoms with Crippen molar-refractivity contribution in [2.24, 2.45) is 10.5 Å². The fraction of sp³-hybridized carbons (Fsp3) is 0.400. The number of carbonyl (C=O) groups is 2. The molecule has 182 valence electrons. The van der Waals surface area contributed by atoms with Crippen LogP contribution in [0.2, 0.25) is 10.0 Å². The molecular weight excluding hydrogens is 493 g/mol. The number of benzene rings is 2. The molecule has 34 heavy (non-hydrogen) atoms. The monoisotopic (exact) mass is 521 g/mol. The fourth-order valence-electron chi connectivity index (χ4n) is 3.04. The average molecular weight is 522 g/mol. The minimum atomic E-state index is -0.795. The van der Waals surface area contributed by atoms with Crippen molar-refractivity contribution in [2.75, 3.05) is 11.6 Å². The molecule has 0 radical (unpaired) electrons. The van der Waals surface area contributed by atoms with E-state index in [1.54, 1.807) is 39.0 Å². The second-order valence-electron chi connectivity index (χ2n) is 9.09. The maximum absolute atomic E-state index is 13.6. The number of anilines is 1. The van der Waals surface area contributed by atoms with Crippen molar-refractivity contribution in [3.8, 4) is 5.75 Å². The number of halogens is 2. The van der Waals surface area contributed by atoms with Crippen molar-refractivity contribution < 1.29 is 14.3 Å². The highest BCUT2D eigenvalue weighted by Gasteiger charge is 2.41. The van der Waals surface area contributed by atoms with Crippen molar-refractivity contribution >= 4 is 58.3 Å². The van der Waals surface area contributed by atoms with Crippen LogP contribution in [0.4, 0.5) is 5.69 Å². The number of amides is 2. The summed E-state index contributed by atoms with van der Waals surface area (Å²) in [6.45, 7) is 10.1. The van der Waals surface area contributed by atoms with Gasteiger partial charge in [-0.1, -0.05) is 63.4 Å². The summed E-state index contributed by atoms with van der Waals surface area (Å²) in [4.78, 5) is 27.1. The quantitative estimate of drug-likeness (QED) is 0.424. The highest BCUT2D eigenvalue weighted by molar-refractivity contribution is 8.01. The molecule has 1 N–H and O–H groups in total. The van der Waals surface area contributed by atoms with E-state index >= 15 is 0 Å². The standard InChI is InChI=1S/C25H29Cl2N3O3S/c1-6-7-12-33-19-11-8-15(2)13-20(19)34-21-22(28-24(32)25(3,4)5)29-30(23(21)31)18-14-16(26)9-10-17(18)27/h8-11,13-14,21H,6-7,12H2,1-5H3,(H,28,29,32). The molecular formula is C25H29Cl2N3O3S. The Bertz CT molecular complexity index is 1120. The molecule has 3 rings (SSSR count). The third-order valence-corrected chi connectivity index (χ3v) is 6.84. The number of hydrogen-bond acceptors (Lipinski definition) is 5. The van der Waals surface area contributed by atoms with E-state index in [1.807, 2.05) is 25.1 Å². The van der Waals surface area contributed by atoms with Crippen LogP contribution in [0.25, 0.3) is 0 Å². The lowest BCUT2D eigenvalue weighted by molar-refractivity contribution is -0.126. The van der Waals surface area contributed by atoms with Gasteiger partial charge in [-0.3, -0.25) is 9.59 Å². The predicted molar refractivity (Wildman–Crippen MR) is 140 cm³/mol. The van der Waals surface area contributed by atoms with Crippen LogP contribution in [0.5, 0.6) is 5.75 Å². The molecule has 9 heteroatoms. The fourth-order valence-corrected chi connectivity index (χ4v) is 4.57. The van der Waals surface area contributed by atoms with Gasteiger partial charge in [-0.2, -0.15) is 5.01 Å². The molecule has 0 fully saturated rings. The van der Waals surface area contributed by atoms with Gasteiger partial charge < -0.3 is 10.1 Å². The first-order chi connectivity index (χ1) is 16.0. The summed E-state index contributed by atoms with van der Waals surface area (Å²) in [6.07, 6.45) is 1.94. The van der Waals surface area contributed by atoms with E-state index in [4.69, 9.17) is 27.9 Å². The third-order valence-electron chi connectivity index (χ3n) is 5.05. The topological polar surface area (TPSA) is 71.0 Å². The minimum Gasteiger partial charge on any atom is -0.492 e. The van der Waals surface area contributed by atoms with Crippen LogP contribution in [0.1, 0.15) is 46.1 Å². The van der Waals surface area contributed by atoms with Crippen LogP contribution in [0.15, 0.2) is 46.4 Å². The number of unbranched alkanes of at least 4 members (excludes halogenated alkanes) is 1.